The minimum atomic E-state index is -0.281. The molecule has 0 unspecified atom stereocenters. The molecule has 0 radical (unpaired) electrons. The van der Waals surface area contributed by atoms with E-state index in [4.69, 9.17) is 4.74 Å². The molecule has 0 N–H and O–H groups in total. The molecule has 0 saturated heterocycles. The lowest BCUT2D eigenvalue weighted by atomic mass is 10.1. The van der Waals surface area contributed by atoms with Crippen LogP contribution >= 0.6 is 15.9 Å². The first-order valence-corrected chi connectivity index (χ1v) is 5.44. The molecule has 0 heterocycles. The standard InChI is InChI=1S/C11H11BrO2/c1-7(13)14-9-4-5-10(8-2-3-8)11(12)6-9/h4-6,8H,2-3H2,1H3. The summed E-state index contributed by atoms with van der Waals surface area (Å²) < 4.78 is 6.02. The third-order valence-corrected chi connectivity index (χ3v) is 2.94. The summed E-state index contributed by atoms with van der Waals surface area (Å²) >= 11 is 3.49. The second-order valence-electron chi connectivity index (χ2n) is 3.55. The molecular formula is C11H11BrO2. The molecule has 1 fully saturated rings. The highest BCUT2D eigenvalue weighted by molar-refractivity contribution is 9.10. The summed E-state index contributed by atoms with van der Waals surface area (Å²) in [5, 5.41) is 0. The van der Waals surface area contributed by atoms with Gasteiger partial charge in [0.25, 0.3) is 0 Å². The highest BCUT2D eigenvalue weighted by Gasteiger charge is 2.25. The van der Waals surface area contributed by atoms with Gasteiger partial charge >= 0.3 is 5.97 Å². The maximum absolute atomic E-state index is 10.7. The predicted molar refractivity (Wildman–Crippen MR) is 57.4 cm³/mol. The van der Waals surface area contributed by atoms with Gasteiger partial charge in [-0.3, -0.25) is 4.79 Å². The van der Waals surface area contributed by atoms with Crippen LogP contribution < -0.4 is 4.74 Å². The van der Waals surface area contributed by atoms with Crippen LogP contribution in [-0.2, 0) is 4.79 Å². The van der Waals surface area contributed by atoms with Crippen molar-refractivity contribution in [3.05, 3.63) is 28.2 Å². The Bertz CT molecular complexity index is 370. The maximum Gasteiger partial charge on any atom is 0.308 e. The molecule has 2 rings (SSSR count). The lowest BCUT2D eigenvalue weighted by molar-refractivity contribution is -0.131. The molecule has 0 spiro atoms. The molecule has 74 valence electrons. The van der Waals surface area contributed by atoms with Crippen LogP contribution in [0.5, 0.6) is 5.75 Å². The number of carbonyl (C=O) groups is 1. The lowest BCUT2D eigenvalue weighted by Crippen LogP contribution is -2.01. The van der Waals surface area contributed by atoms with Crippen molar-refractivity contribution in [1.82, 2.24) is 0 Å². The van der Waals surface area contributed by atoms with Gasteiger partial charge in [0, 0.05) is 11.4 Å². The van der Waals surface area contributed by atoms with Crippen LogP contribution in [0.2, 0.25) is 0 Å². The smallest absolute Gasteiger partial charge is 0.308 e. The zero-order chi connectivity index (χ0) is 10.1. The zero-order valence-electron chi connectivity index (χ0n) is 7.92. The molecular weight excluding hydrogens is 244 g/mol. The number of esters is 1. The first kappa shape index (κ1) is 9.71. The first-order valence-electron chi connectivity index (χ1n) is 4.64. The molecule has 0 aliphatic heterocycles. The summed E-state index contributed by atoms with van der Waals surface area (Å²) in [4.78, 5) is 10.7. The Morgan fingerprint density at radius 1 is 1.50 bits per heavy atom. The van der Waals surface area contributed by atoms with E-state index in [-0.39, 0.29) is 5.97 Å². The molecule has 1 aliphatic carbocycles. The van der Waals surface area contributed by atoms with E-state index in [1.54, 1.807) is 0 Å². The fourth-order valence-electron chi connectivity index (χ4n) is 1.46. The summed E-state index contributed by atoms with van der Waals surface area (Å²) in [7, 11) is 0. The molecule has 1 aromatic carbocycles. The van der Waals surface area contributed by atoms with E-state index < -0.39 is 0 Å². The number of carbonyl (C=O) groups excluding carboxylic acids is 1. The largest absolute Gasteiger partial charge is 0.427 e. The number of hydrogen-bond acceptors (Lipinski definition) is 2. The highest BCUT2D eigenvalue weighted by atomic mass is 79.9. The average Bonchev–Trinajstić information content (AvgIpc) is 2.86. The van der Waals surface area contributed by atoms with Crippen LogP contribution in [0.4, 0.5) is 0 Å². The molecule has 0 atom stereocenters. The van der Waals surface area contributed by atoms with Gasteiger partial charge in [-0.15, -0.1) is 0 Å². The third kappa shape index (κ3) is 2.15. The van der Waals surface area contributed by atoms with Crippen LogP contribution in [0.25, 0.3) is 0 Å². The van der Waals surface area contributed by atoms with E-state index >= 15 is 0 Å². The van der Waals surface area contributed by atoms with Crippen LogP contribution in [-0.4, -0.2) is 5.97 Å². The van der Waals surface area contributed by atoms with Crippen LogP contribution in [0.15, 0.2) is 22.7 Å². The Balaban J connectivity index is 2.21. The minimum Gasteiger partial charge on any atom is -0.427 e. The average molecular weight is 255 g/mol. The Kier molecular flexibility index (Phi) is 2.59. The van der Waals surface area contributed by atoms with E-state index in [2.05, 4.69) is 15.9 Å². The number of rotatable bonds is 2. The van der Waals surface area contributed by atoms with Crippen molar-refractivity contribution in [3.8, 4) is 5.75 Å². The van der Waals surface area contributed by atoms with Crippen molar-refractivity contribution in [1.29, 1.82) is 0 Å². The van der Waals surface area contributed by atoms with Crippen LogP contribution in [0.3, 0.4) is 0 Å². The van der Waals surface area contributed by atoms with E-state index in [9.17, 15) is 4.79 Å². The van der Waals surface area contributed by atoms with Gasteiger partial charge in [0.2, 0.25) is 0 Å². The van der Waals surface area contributed by atoms with Crippen molar-refractivity contribution < 1.29 is 9.53 Å². The molecule has 1 aliphatic rings. The monoisotopic (exact) mass is 254 g/mol. The SMILES string of the molecule is CC(=O)Oc1ccc(C2CC2)c(Br)c1. The van der Waals surface area contributed by atoms with E-state index in [1.807, 2.05) is 18.2 Å². The second-order valence-corrected chi connectivity index (χ2v) is 4.41. The van der Waals surface area contributed by atoms with Crippen LogP contribution in [0.1, 0.15) is 31.2 Å². The highest BCUT2D eigenvalue weighted by Crippen LogP contribution is 2.44. The van der Waals surface area contributed by atoms with Crippen molar-refractivity contribution >= 4 is 21.9 Å². The van der Waals surface area contributed by atoms with Gasteiger partial charge in [-0.2, -0.15) is 0 Å². The Morgan fingerprint density at radius 3 is 2.71 bits per heavy atom. The van der Waals surface area contributed by atoms with E-state index in [1.165, 1.54) is 25.3 Å². The minimum absolute atomic E-state index is 0.281. The van der Waals surface area contributed by atoms with Gasteiger partial charge < -0.3 is 4.74 Å². The topological polar surface area (TPSA) is 26.3 Å². The molecule has 2 nitrogen and oxygen atoms in total. The number of benzene rings is 1. The van der Waals surface area contributed by atoms with Gasteiger partial charge in [0.15, 0.2) is 0 Å². The second kappa shape index (κ2) is 3.73. The Hall–Kier alpha value is -0.830. The summed E-state index contributed by atoms with van der Waals surface area (Å²) in [6.07, 6.45) is 2.54. The Labute approximate surface area is 91.4 Å². The molecule has 3 heteroatoms. The van der Waals surface area contributed by atoms with Crippen molar-refractivity contribution in [3.63, 3.8) is 0 Å². The molecule has 0 aromatic heterocycles. The third-order valence-electron chi connectivity index (χ3n) is 2.25. The summed E-state index contributed by atoms with van der Waals surface area (Å²) in [6, 6.07) is 5.73. The van der Waals surface area contributed by atoms with Crippen molar-refractivity contribution in [2.75, 3.05) is 0 Å². The Morgan fingerprint density at radius 2 is 2.21 bits per heavy atom. The van der Waals surface area contributed by atoms with Crippen LogP contribution in [0, 0.1) is 0 Å². The number of ether oxygens (including phenoxy) is 1. The zero-order valence-corrected chi connectivity index (χ0v) is 9.50. The van der Waals surface area contributed by atoms with E-state index in [0.717, 1.165) is 4.47 Å². The molecule has 1 saturated carbocycles. The quantitative estimate of drug-likeness (QED) is 0.599. The fourth-order valence-corrected chi connectivity index (χ4v) is 2.14. The normalized spacial score (nSPS) is 15.3. The summed E-state index contributed by atoms with van der Waals surface area (Å²) in [5.74, 6) is 1.03. The molecule has 14 heavy (non-hydrogen) atoms. The molecule has 0 amide bonds. The predicted octanol–water partition coefficient (Wildman–Crippen LogP) is 3.25. The summed E-state index contributed by atoms with van der Waals surface area (Å²) in [6.45, 7) is 1.41. The maximum atomic E-state index is 10.7. The fraction of sp³-hybridized carbons (Fsp3) is 0.364. The molecule has 0 bridgehead atoms. The van der Waals surface area contributed by atoms with Gasteiger partial charge in [-0.25, -0.2) is 0 Å². The van der Waals surface area contributed by atoms with Gasteiger partial charge in [-0.05, 0) is 36.5 Å². The van der Waals surface area contributed by atoms with Crippen molar-refractivity contribution in [2.24, 2.45) is 0 Å². The first-order chi connectivity index (χ1) is 6.66. The number of halogens is 1. The van der Waals surface area contributed by atoms with Gasteiger partial charge in [0.05, 0.1) is 0 Å². The molecule has 1 aromatic rings. The van der Waals surface area contributed by atoms with Gasteiger partial charge in [-0.1, -0.05) is 22.0 Å². The van der Waals surface area contributed by atoms with Gasteiger partial charge in [0.1, 0.15) is 5.75 Å². The lowest BCUT2D eigenvalue weighted by Gasteiger charge is -2.05. The van der Waals surface area contributed by atoms with Crippen molar-refractivity contribution in [2.45, 2.75) is 25.7 Å². The van der Waals surface area contributed by atoms with E-state index in [0.29, 0.717) is 11.7 Å². The summed E-state index contributed by atoms with van der Waals surface area (Å²) in [5.41, 5.74) is 1.32. The number of hydrogen-bond donors (Lipinski definition) is 0.